The van der Waals surface area contributed by atoms with Crippen molar-refractivity contribution in [2.24, 2.45) is 0 Å². The number of H-pyrrole nitrogens is 1. The highest BCUT2D eigenvalue weighted by atomic mass is 32.2. The average molecular weight is 361 g/mol. The molecular weight excluding hydrogens is 344 g/mol. The predicted octanol–water partition coefficient (Wildman–Crippen LogP) is 0.533. The Hall–Kier alpha value is -2.81. The van der Waals surface area contributed by atoms with Gasteiger partial charge in [0, 0.05) is 5.56 Å². The Morgan fingerprint density at radius 1 is 1.36 bits per heavy atom. The van der Waals surface area contributed by atoms with Crippen LogP contribution in [0.2, 0.25) is 0 Å². The summed E-state index contributed by atoms with van der Waals surface area (Å²) < 4.78 is 0. The Kier molecular flexibility index (Phi) is 5.81. The number of aromatic amines is 1. The number of aryl methyl sites for hydroxylation is 1. The molecule has 0 spiro atoms. The number of carbonyl (C=O) groups excluding carboxylic acids is 2. The molecule has 25 heavy (non-hydrogen) atoms. The lowest BCUT2D eigenvalue weighted by atomic mass is 10.1. The third kappa shape index (κ3) is 4.60. The number of hydrogen-bond donors (Lipinski definition) is 3. The van der Waals surface area contributed by atoms with Gasteiger partial charge in [-0.3, -0.25) is 14.6 Å². The summed E-state index contributed by atoms with van der Waals surface area (Å²) in [4.78, 5) is 41.7. The van der Waals surface area contributed by atoms with Crippen LogP contribution in [0, 0.1) is 6.92 Å². The van der Waals surface area contributed by atoms with Crippen molar-refractivity contribution in [1.82, 2.24) is 9.97 Å². The minimum atomic E-state index is -1.26. The van der Waals surface area contributed by atoms with Crippen molar-refractivity contribution in [3.05, 3.63) is 45.7 Å². The number of aromatic nitrogens is 2. The van der Waals surface area contributed by atoms with Crippen LogP contribution < -0.4 is 21.7 Å². The van der Waals surface area contributed by atoms with Crippen LogP contribution in [0.5, 0.6) is 0 Å². The van der Waals surface area contributed by atoms with E-state index in [1.165, 1.54) is 0 Å². The van der Waals surface area contributed by atoms with Gasteiger partial charge in [-0.2, -0.15) is 0 Å². The molecule has 0 unspecified atom stereocenters. The molecule has 132 valence electrons. The fourth-order valence-electron chi connectivity index (χ4n) is 1.97. The molecule has 0 saturated carbocycles. The van der Waals surface area contributed by atoms with E-state index in [1.807, 2.05) is 6.92 Å². The lowest BCUT2D eigenvalue weighted by molar-refractivity contribution is -0.304. The predicted molar refractivity (Wildman–Crippen MR) is 93.3 cm³/mol. The Morgan fingerprint density at radius 2 is 2.00 bits per heavy atom. The first-order chi connectivity index (χ1) is 11.8. The zero-order chi connectivity index (χ0) is 18.6. The minimum absolute atomic E-state index is 0.0480. The van der Waals surface area contributed by atoms with Crippen molar-refractivity contribution in [1.29, 1.82) is 0 Å². The molecule has 1 heterocycles. The molecule has 0 aliphatic rings. The molecule has 0 fully saturated rings. The molecule has 9 heteroatoms. The number of rotatable bonds is 6. The van der Waals surface area contributed by atoms with Gasteiger partial charge in [-0.15, -0.1) is 0 Å². The minimum Gasteiger partial charge on any atom is -0.549 e. The summed E-state index contributed by atoms with van der Waals surface area (Å²) in [5.41, 5.74) is 6.26. The second kappa shape index (κ2) is 7.84. The summed E-state index contributed by atoms with van der Waals surface area (Å²) in [6.45, 7) is 3.56. The molecule has 1 atom stereocenters. The largest absolute Gasteiger partial charge is 0.549 e. The second-order valence-corrected chi connectivity index (χ2v) is 6.48. The molecule has 1 aromatic heterocycles. The number of carboxylic acids is 1. The average Bonchev–Trinajstić information content (AvgIpc) is 2.56. The van der Waals surface area contributed by atoms with Crippen molar-refractivity contribution >= 4 is 35.1 Å². The molecule has 0 bridgehead atoms. The van der Waals surface area contributed by atoms with Gasteiger partial charge in [-0.05, 0) is 25.5 Å². The van der Waals surface area contributed by atoms with Gasteiger partial charge in [0.15, 0.2) is 11.0 Å². The first-order valence-corrected chi connectivity index (χ1v) is 8.35. The number of nitrogens with one attached hydrogen (secondary N) is 2. The third-order valence-electron chi connectivity index (χ3n) is 3.37. The van der Waals surface area contributed by atoms with Gasteiger partial charge in [0.25, 0.3) is 11.5 Å². The number of carbonyl (C=O) groups is 2. The van der Waals surface area contributed by atoms with Gasteiger partial charge in [0.05, 0.1) is 11.2 Å². The Labute approximate surface area is 147 Å². The molecule has 0 aliphatic heterocycles. The maximum absolute atomic E-state index is 12.2. The lowest BCUT2D eigenvalue weighted by Crippen LogP contribution is -2.33. The normalized spacial score (nSPS) is 11.8. The molecule has 2 rings (SSSR count). The highest BCUT2D eigenvalue weighted by molar-refractivity contribution is 8.00. The number of anilines is 2. The van der Waals surface area contributed by atoms with Crippen molar-refractivity contribution < 1.29 is 14.7 Å². The van der Waals surface area contributed by atoms with Gasteiger partial charge >= 0.3 is 0 Å². The number of benzene rings is 1. The van der Waals surface area contributed by atoms with Crippen molar-refractivity contribution in [2.45, 2.75) is 30.7 Å². The van der Waals surface area contributed by atoms with Gasteiger partial charge < -0.3 is 21.0 Å². The van der Waals surface area contributed by atoms with E-state index in [-0.39, 0.29) is 16.7 Å². The van der Waals surface area contributed by atoms with E-state index in [0.29, 0.717) is 12.0 Å². The van der Waals surface area contributed by atoms with Crippen LogP contribution in [-0.2, 0) is 4.79 Å². The number of amides is 1. The summed E-state index contributed by atoms with van der Waals surface area (Å²) in [5, 5.41) is 12.6. The van der Waals surface area contributed by atoms with Gasteiger partial charge in [0.1, 0.15) is 5.69 Å². The van der Waals surface area contributed by atoms with Crippen LogP contribution >= 0.6 is 11.8 Å². The Morgan fingerprint density at radius 3 is 2.52 bits per heavy atom. The number of aliphatic carboxylic acids is 1. The van der Waals surface area contributed by atoms with E-state index in [1.54, 1.807) is 31.2 Å². The van der Waals surface area contributed by atoms with Crippen LogP contribution in [-0.4, -0.2) is 27.1 Å². The summed E-state index contributed by atoms with van der Waals surface area (Å²) in [5.74, 6) is -1.95. The number of nitrogens with two attached hydrogens (primary N) is 1. The zero-order valence-corrected chi connectivity index (χ0v) is 14.5. The first kappa shape index (κ1) is 18.5. The Bertz CT molecular complexity index is 848. The van der Waals surface area contributed by atoms with Crippen molar-refractivity contribution in [2.75, 3.05) is 11.1 Å². The molecule has 8 nitrogen and oxygen atoms in total. The molecule has 0 aliphatic carbocycles. The van der Waals surface area contributed by atoms with Gasteiger partial charge in [0.2, 0.25) is 0 Å². The van der Waals surface area contributed by atoms with Crippen molar-refractivity contribution in [3.8, 4) is 0 Å². The van der Waals surface area contributed by atoms with Gasteiger partial charge in [-0.25, -0.2) is 4.98 Å². The fourth-order valence-corrected chi connectivity index (χ4v) is 2.80. The zero-order valence-electron chi connectivity index (χ0n) is 13.7. The quantitative estimate of drug-likeness (QED) is 0.503. The smallest absolute Gasteiger partial charge is 0.277 e. The Balaban J connectivity index is 2.22. The SMILES string of the molecule is CC[C@H](Sc1nc(N)c(NC(=O)c2ccc(C)cc2)c(=O)[nH]1)C(=O)[O-]. The lowest BCUT2D eigenvalue weighted by Gasteiger charge is -2.15. The van der Waals surface area contributed by atoms with E-state index in [0.717, 1.165) is 17.3 Å². The van der Waals surface area contributed by atoms with E-state index in [2.05, 4.69) is 15.3 Å². The van der Waals surface area contributed by atoms with E-state index in [9.17, 15) is 19.5 Å². The number of nitrogen functional groups attached to an aromatic ring is 1. The molecule has 1 amide bonds. The number of thioether (sulfide) groups is 1. The summed E-state index contributed by atoms with van der Waals surface area (Å²) in [7, 11) is 0. The summed E-state index contributed by atoms with van der Waals surface area (Å²) in [6, 6.07) is 6.79. The highest BCUT2D eigenvalue weighted by Crippen LogP contribution is 2.23. The molecule has 1 aromatic carbocycles. The number of hydrogen-bond acceptors (Lipinski definition) is 7. The fraction of sp³-hybridized carbons (Fsp3) is 0.250. The monoisotopic (exact) mass is 361 g/mol. The van der Waals surface area contributed by atoms with E-state index >= 15 is 0 Å². The first-order valence-electron chi connectivity index (χ1n) is 7.47. The van der Waals surface area contributed by atoms with E-state index < -0.39 is 22.7 Å². The molecular formula is C16H17N4O4S-. The van der Waals surface area contributed by atoms with Crippen LogP contribution in [0.25, 0.3) is 0 Å². The van der Waals surface area contributed by atoms with Crippen LogP contribution in [0.1, 0.15) is 29.3 Å². The maximum Gasteiger partial charge on any atom is 0.277 e. The topological polar surface area (TPSA) is 141 Å². The van der Waals surface area contributed by atoms with Gasteiger partial charge in [-0.1, -0.05) is 36.4 Å². The van der Waals surface area contributed by atoms with Crippen molar-refractivity contribution in [3.63, 3.8) is 0 Å². The second-order valence-electron chi connectivity index (χ2n) is 5.29. The summed E-state index contributed by atoms with van der Waals surface area (Å²) in [6.07, 6.45) is 0.294. The molecule has 4 N–H and O–H groups in total. The standard InChI is InChI=1S/C16H18N4O4S/c1-3-10(15(23)24)25-16-19-12(17)11(14(22)20-16)18-13(21)9-6-4-8(2)5-7-9/h4-7,10H,3H2,1-2H3,(H,18,21)(H,23,24)(H3,17,19,20,22)/p-1/t10-/m0/s1. The highest BCUT2D eigenvalue weighted by Gasteiger charge is 2.16. The van der Waals surface area contributed by atoms with E-state index in [4.69, 9.17) is 5.73 Å². The molecule has 0 radical (unpaired) electrons. The molecule has 2 aromatic rings. The van der Waals surface area contributed by atoms with Crippen LogP contribution in [0.3, 0.4) is 0 Å². The van der Waals surface area contributed by atoms with Crippen LogP contribution in [0.4, 0.5) is 11.5 Å². The number of nitrogens with zero attached hydrogens (tertiary/aromatic N) is 1. The van der Waals surface area contributed by atoms with Crippen LogP contribution in [0.15, 0.2) is 34.2 Å². The third-order valence-corrected chi connectivity index (χ3v) is 4.59. The summed E-state index contributed by atoms with van der Waals surface area (Å²) >= 11 is 0.829. The molecule has 0 saturated heterocycles. The number of carboxylic acid groups (broad SMARTS) is 1. The maximum atomic E-state index is 12.2.